The van der Waals surface area contributed by atoms with E-state index >= 15 is 0 Å². The number of fused-ring (bicyclic) bond motifs is 2. The molecule has 0 aromatic rings. The Kier molecular flexibility index (Phi) is 3.47. The van der Waals surface area contributed by atoms with Crippen molar-refractivity contribution in [2.24, 2.45) is 5.92 Å². The number of hydrogen-bond donors (Lipinski definition) is 1. The molecule has 2 rings (SSSR count). The molecule has 0 saturated carbocycles. The van der Waals surface area contributed by atoms with E-state index in [0.717, 1.165) is 24.4 Å². The molecule has 0 aliphatic carbocycles. The molecule has 1 N–H and O–H groups in total. The molecule has 2 aliphatic heterocycles. The van der Waals surface area contributed by atoms with Crippen molar-refractivity contribution in [3.63, 3.8) is 0 Å². The molecule has 2 heteroatoms. The zero-order chi connectivity index (χ0) is 10.8. The summed E-state index contributed by atoms with van der Waals surface area (Å²) >= 11 is 0. The minimum absolute atomic E-state index is 0.652. The van der Waals surface area contributed by atoms with Gasteiger partial charge in [0.1, 0.15) is 0 Å². The first-order valence-corrected chi connectivity index (χ1v) is 6.26. The molecule has 0 aromatic heterocycles. The van der Waals surface area contributed by atoms with Crippen LogP contribution in [0.1, 0.15) is 32.1 Å². The van der Waals surface area contributed by atoms with Gasteiger partial charge < -0.3 is 10.2 Å². The minimum atomic E-state index is 0.652. The number of hydrogen-bond acceptors (Lipinski definition) is 2. The van der Waals surface area contributed by atoms with Crippen LogP contribution in [0, 0.1) is 5.92 Å². The van der Waals surface area contributed by atoms with Crippen molar-refractivity contribution >= 4 is 0 Å². The van der Waals surface area contributed by atoms with Crippen molar-refractivity contribution in [2.45, 2.75) is 50.2 Å². The van der Waals surface area contributed by atoms with Crippen molar-refractivity contribution < 1.29 is 0 Å². The van der Waals surface area contributed by atoms with Crippen molar-refractivity contribution in [1.29, 1.82) is 0 Å². The van der Waals surface area contributed by atoms with Crippen molar-refractivity contribution in [3.05, 3.63) is 12.7 Å². The molecular formula is C13H24N2. The van der Waals surface area contributed by atoms with Crippen LogP contribution < -0.4 is 5.32 Å². The molecule has 2 saturated heterocycles. The van der Waals surface area contributed by atoms with Gasteiger partial charge >= 0.3 is 0 Å². The summed E-state index contributed by atoms with van der Waals surface area (Å²) in [6.07, 6.45) is 8.77. The van der Waals surface area contributed by atoms with Gasteiger partial charge in [0.05, 0.1) is 0 Å². The van der Waals surface area contributed by atoms with E-state index in [9.17, 15) is 0 Å². The third-order valence-electron chi connectivity index (χ3n) is 4.50. The van der Waals surface area contributed by atoms with E-state index in [1.165, 1.54) is 25.7 Å². The Bertz CT molecular complexity index is 213. The number of nitrogens with one attached hydrogen (secondary N) is 1. The van der Waals surface area contributed by atoms with Crippen molar-refractivity contribution in [2.75, 3.05) is 14.1 Å². The standard InChI is InChI=1S/C13H24N2/c1-4-5-13(14-2)10-8-11-6-7-12(9-10)15(11)3/h4,10-14H,1,5-9H2,2-3H3. The molecule has 2 nitrogen and oxygen atoms in total. The Morgan fingerprint density at radius 1 is 1.40 bits per heavy atom. The smallest absolute Gasteiger partial charge is 0.0128 e. The van der Waals surface area contributed by atoms with Crippen LogP contribution in [0.5, 0.6) is 0 Å². The van der Waals surface area contributed by atoms with Gasteiger partial charge in [-0.3, -0.25) is 0 Å². The third-order valence-corrected chi connectivity index (χ3v) is 4.50. The zero-order valence-electron chi connectivity index (χ0n) is 10.1. The molecule has 2 bridgehead atoms. The summed E-state index contributed by atoms with van der Waals surface area (Å²) in [5.41, 5.74) is 0. The van der Waals surface area contributed by atoms with Gasteiger partial charge in [-0.1, -0.05) is 6.08 Å². The lowest BCUT2D eigenvalue weighted by atomic mass is 9.84. The molecule has 2 aliphatic rings. The van der Waals surface area contributed by atoms with Gasteiger partial charge in [-0.15, -0.1) is 6.58 Å². The van der Waals surface area contributed by atoms with E-state index in [1.54, 1.807) is 0 Å². The minimum Gasteiger partial charge on any atom is -0.316 e. The highest BCUT2D eigenvalue weighted by Crippen LogP contribution is 2.39. The summed E-state index contributed by atoms with van der Waals surface area (Å²) in [4.78, 5) is 2.61. The molecule has 0 amide bonds. The monoisotopic (exact) mass is 208 g/mol. The second-order valence-corrected chi connectivity index (χ2v) is 5.20. The van der Waals surface area contributed by atoms with Crippen LogP contribution in [0.3, 0.4) is 0 Å². The van der Waals surface area contributed by atoms with Crippen LogP contribution in [0.2, 0.25) is 0 Å². The Labute approximate surface area is 93.7 Å². The second-order valence-electron chi connectivity index (χ2n) is 5.20. The normalized spacial score (nSPS) is 37.9. The van der Waals surface area contributed by atoms with Gasteiger partial charge in [-0.05, 0) is 52.1 Å². The second kappa shape index (κ2) is 4.67. The summed E-state index contributed by atoms with van der Waals surface area (Å²) in [5.74, 6) is 0.863. The van der Waals surface area contributed by atoms with E-state index in [2.05, 4.69) is 37.0 Å². The van der Waals surface area contributed by atoms with Crippen LogP contribution >= 0.6 is 0 Å². The highest BCUT2D eigenvalue weighted by atomic mass is 15.2. The summed E-state index contributed by atoms with van der Waals surface area (Å²) in [6, 6.07) is 2.36. The Hall–Kier alpha value is -0.340. The van der Waals surface area contributed by atoms with Gasteiger partial charge in [0.25, 0.3) is 0 Å². The highest BCUT2D eigenvalue weighted by Gasteiger charge is 2.40. The first kappa shape index (κ1) is 11.2. The maximum absolute atomic E-state index is 3.86. The predicted molar refractivity (Wildman–Crippen MR) is 65.0 cm³/mol. The molecule has 3 unspecified atom stereocenters. The van der Waals surface area contributed by atoms with Gasteiger partial charge in [0.2, 0.25) is 0 Å². The SMILES string of the molecule is C=CCC(NC)C1CC2CCC(C1)N2C. The summed E-state index contributed by atoms with van der Waals surface area (Å²) in [5, 5.41) is 3.47. The molecule has 86 valence electrons. The molecule has 3 atom stereocenters. The fourth-order valence-electron chi connectivity index (χ4n) is 3.51. The number of piperidine rings is 1. The first-order chi connectivity index (χ1) is 7.26. The number of rotatable bonds is 4. The average Bonchev–Trinajstić information content (AvgIpc) is 2.50. The topological polar surface area (TPSA) is 15.3 Å². The van der Waals surface area contributed by atoms with Gasteiger partial charge in [-0.25, -0.2) is 0 Å². The van der Waals surface area contributed by atoms with E-state index in [4.69, 9.17) is 0 Å². The van der Waals surface area contributed by atoms with E-state index in [-0.39, 0.29) is 0 Å². The lowest BCUT2D eigenvalue weighted by Crippen LogP contribution is -2.46. The van der Waals surface area contributed by atoms with Gasteiger partial charge in [0.15, 0.2) is 0 Å². The molecule has 0 radical (unpaired) electrons. The molecule has 0 spiro atoms. The van der Waals surface area contributed by atoms with Crippen LogP contribution in [0.15, 0.2) is 12.7 Å². The van der Waals surface area contributed by atoms with E-state index < -0.39 is 0 Å². The molecule has 2 fully saturated rings. The molecule has 0 aromatic carbocycles. The first-order valence-electron chi connectivity index (χ1n) is 6.26. The molecule has 2 heterocycles. The van der Waals surface area contributed by atoms with Crippen LogP contribution in [-0.4, -0.2) is 37.1 Å². The Balaban J connectivity index is 1.97. The zero-order valence-corrected chi connectivity index (χ0v) is 10.1. The Morgan fingerprint density at radius 2 is 2.00 bits per heavy atom. The Morgan fingerprint density at radius 3 is 2.47 bits per heavy atom. The summed E-state index contributed by atoms with van der Waals surface area (Å²) < 4.78 is 0. The van der Waals surface area contributed by atoms with Crippen LogP contribution in [0.25, 0.3) is 0 Å². The quantitative estimate of drug-likeness (QED) is 0.711. The van der Waals surface area contributed by atoms with Gasteiger partial charge in [-0.2, -0.15) is 0 Å². The maximum atomic E-state index is 3.86. The number of nitrogens with zero attached hydrogens (tertiary/aromatic N) is 1. The lowest BCUT2D eigenvalue weighted by Gasteiger charge is -2.39. The van der Waals surface area contributed by atoms with Crippen LogP contribution in [0.4, 0.5) is 0 Å². The summed E-state index contributed by atoms with van der Waals surface area (Å²) in [6.45, 7) is 3.86. The van der Waals surface area contributed by atoms with Crippen LogP contribution in [-0.2, 0) is 0 Å². The maximum Gasteiger partial charge on any atom is 0.0128 e. The average molecular weight is 208 g/mol. The molecule has 15 heavy (non-hydrogen) atoms. The fraction of sp³-hybridized carbons (Fsp3) is 0.846. The van der Waals surface area contributed by atoms with E-state index in [0.29, 0.717) is 6.04 Å². The third kappa shape index (κ3) is 2.11. The predicted octanol–water partition coefficient (Wildman–Crippen LogP) is 2.02. The molecular weight excluding hydrogens is 184 g/mol. The van der Waals surface area contributed by atoms with E-state index in [1.807, 2.05) is 0 Å². The highest BCUT2D eigenvalue weighted by molar-refractivity contribution is 4.97. The lowest BCUT2D eigenvalue weighted by molar-refractivity contribution is 0.114. The summed E-state index contributed by atoms with van der Waals surface area (Å²) in [7, 11) is 4.40. The largest absolute Gasteiger partial charge is 0.316 e. The van der Waals surface area contributed by atoms with Crippen molar-refractivity contribution in [1.82, 2.24) is 10.2 Å². The fourth-order valence-corrected chi connectivity index (χ4v) is 3.51. The van der Waals surface area contributed by atoms with Gasteiger partial charge in [0, 0.05) is 18.1 Å². The van der Waals surface area contributed by atoms with Crippen molar-refractivity contribution in [3.8, 4) is 0 Å².